The number of nitrogens with one attached hydrogen (secondary N) is 1. The van der Waals surface area contributed by atoms with Gasteiger partial charge in [-0.25, -0.2) is 0 Å². The number of hydrogen-bond acceptors (Lipinski definition) is 3. The molecular weight excluding hydrogens is 240 g/mol. The van der Waals surface area contributed by atoms with E-state index in [4.69, 9.17) is 11.6 Å². The molecule has 0 bridgehead atoms. The first-order chi connectivity index (χ1) is 7.59. The average molecular weight is 257 g/mol. The van der Waals surface area contributed by atoms with Gasteiger partial charge in [0.1, 0.15) is 0 Å². The highest BCUT2D eigenvalue weighted by Gasteiger charge is 2.32. The van der Waals surface area contributed by atoms with Gasteiger partial charge in [0, 0.05) is 18.0 Å². The van der Waals surface area contributed by atoms with E-state index in [2.05, 4.69) is 24.1 Å². The van der Waals surface area contributed by atoms with Gasteiger partial charge in [0.2, 0.25) is 0 Å². The van der Waals surface area contributed by atoms with Crippen LogP contribution in [-0.2, 0) is 0 Å². The number of aromatic nitrogens is 1. The zero-order valence-electron chi connectivity index (χ0n) is 9.66. The van der Waals surface area contributed by atoms with Crippen molar-refractivity contribution in [3.63, 3.8) is 0 Å². The molecule has 0 aromatic carbocycles. The number of hydrogen-bond donors (Lipinski definition) is 1. The summed E-state index contributed by atoms with van der Waals surface area (Å²) in [6.07, 6.45) is 4.76. The van der Waals surface area contributed by atoms with E-state index in [1.807, 2.05) is 17.8 Å². The van der Waals surface area contributed by atoms with Crippen LogP contribution < -0.4 is 5.32 Å². The predicted molar refractivity (Wildman–Crippen MR) is 72.4 cm³/mol. The lowest BCUT2D eigenvalue weighted by atomic mass is 9.82. The van der Waals surface area contributed by atoms with Crippen LogP contribution in [0.4, 0.5) is 5.69 Å². The Hall–Kier alpha value is -0.410. The molecule has 2 rings (SSSR count). The second kappa shape index (κ2) is 4.84. The Morgan fingerprint density at radius 3 is 3.06 bits per heavy atom. The molecule has 1 unspecified atom stereocenters. The van der Waals surface area contributed by atoms with Crippen LogP contribution in [-0.4, -0.2) is 22.5 Å². The van der Waals surface area contributed by atoms with Gasteiger partial charge in [-0.15, -0.1) is 0 Å². The molecule has 1 saturated heterocycles. The summed E-state index contributed by atoms with van der Waals surface area (Å²) in [5.41, 5.74) is 1.27. The molecule has 88 valence electrons. The molecule has 2 heterocycles. The van der Waals surface area contributed by atoms with Gasteiger partial charge in [0.15, 0.2) is 0 Å². The van der Waals surface area contributed by atoms with E-state index < -0.39 is 0 Å². The summed E-state index contributed by atoms with van der Waals surface area (Å²) in [6, 6.07) is 2.29. The van der Waals surface area contributed by atoms with Crippen molar-refractivity contribution in [2.24, 2.45) is 5.41 Å². The fourth-order valence-electron chi connectivity index (χ4n) is 1.84. The van der Waals surface area contributed by atoms with E-state index in [1.54, 1.807) is 12.4 Å². The number of nitrogens with zero attached hydrogens (tertiary/aromatic N) is 1. The second-order valence-corrected chi connectivity index (χ2v) is 6.42. The Bertz CT molecular complexity index is 368. The Labute approximate surface area is 106 Å². The van der Waals surface area contributed by atoms with Crippen LogP contribution >= 0.6 is 23.4 Å². The van der Waals surface area contributed by atoms with Crippen molar-refractivity contribution in [1.82, 2.24) is 4.98 Å². The van der Waals surface area contributed by atoms with Crippen molar-refractivity contribution in [2.75, 3.05) is 16.8 Å². The first-order valence-electron chi connectivity index (χ1n) is 5.53. The zero-order chi connectivity index (χ0) is 11.6. The van der Waals surface area contributed by atoms with Crippen LogP contribution in [0.15, 0.2) is 18.5 Å². The Kier molecular flexibility index (Phi) is 3.65. The maximum absolute atomic E-state index is 6.13. The lowest BCUT2D eigenvalue weighted by molar-refractivity contribution is 0.305. The maximum Gasteiger partial charge on any atom is 0.0718 e. The Morgan fingerprint density at radius 1 is 1.56 bits per heavy atom. The second-order valence-electron chi connectivity index (χ2n) is 4.87. The van der Waals surface area contributed by atoms with Crippen molar-refractivity contribution >= 4 is 29.1 Å². The lowest BCUT2D eigenvalue weighted by Gasteiger charge is -2.39. The van der Waals surface area contributed by atoms with Gasteiger partial charge >= 0.3 is 0 Å². The van der Waals surface area contributed by atoms with Crippen molar-refractivity contribution in [3.8, 4) is 0 Å². The molecule has 0 amide bonds. The molecule has 1 fully saturated rings. The third-order valence-corrected chi connectivity index (χ3v) is 4.61. The summed E-state index contributed by atoms with van der Waals surface area (Å²) in [4.78, 5) is 4.11. The largest absolute Gasteiger partial charge is 0.378 e. The summed E-state index contributed by atoms with van der Waals surface area (Å²) in [7, 11) is 0. The SMILES string of the molecule is CC1(C)CCSCC1Nc1cnccc1Cl. The maximum atomic E-state index is 6.13. The summed E-state index contributed by atoms with van der Waals surface area (Å²) in [5, 5.41) is 4.28. The normalized spacial score (nSPS) is 24.1. The van der Waals surface area contributed by atoms with Crippen LogP contribution in [0.3, 0.4) is 0 Å². The van der Waals surface area contributed by atoms with Gasteiger partial charge in [-0.2, -0.15) is 11.8 Å². The van der Waals surface area contributed by atoms with Crippen LogP contribution in [0, 0.1) is 5.41 Å². The minimum absolute atomic E-state index is 0.324. The fourth-order valence-corrected chi connectivity index (χ4v) is 3.61. The standard InChI is InChI=1S/C12H17ClN2S/c1-12(2)4-6-16-8-11(12)15-10-7-14-5-3-9(10)13/h3,5,7,11,15H,4,6,8H2,1-2H3. The molecule has 1 aromatic rings. The van der Waals surface area contributed by atoms with Crippen LogP contribution in [0.25, 0.3) is 0 Å². The van der Waals surface area contributed by atoms with Gasteiger partial charge in [-0.05, 0) is 23.7 Å². The van der Waals surface area contributed by atoms with Gasteiger partial charge < -0.3 is 5.32 Å². The molecule has 1 N–H and O–H groups in total. The predicted octanol–water partition coefficient (Wildman–Crippen LogP) is 3.68. The summed E-state index contributed by atoms with van der Waals surface area (Å²) < 4.78 is 0. The van der Waals surface area contributed by atoms with Gasteiger partial charge in [0.25, 0.3) is 0 Å². The van der Waals surface area contributed by atoms with Gasteiger partial charge in [-0.1, -0.05) is 25.4 Å². The summed E-state index contributed by atoms with van der Waals surface area (Å²) in [6.45, 7) is 4.63. The molecule has 1 atom stereocenters. The van der Waals surface area contributed by atoms with Gasteiger partial charge in [0.05, 0.1) is 16.9 Å². The minimum Gasteiger partial charge on any atom is -0.378 e. The van der Waals surface area contributed by atoms with E-state index in [-0.39, 0.29) is 0 Å². The van der Waals surface area contributed by atoms with E-state index in [9.17, 15) is 0 Å². The fraction of sp³-hybridized carbons (Fsp3) is 0.583. The molecule has 0 spiro atoms. The minimum atomic E-state index is 0.324. The molecule has 1 aromatic heterocycles. The number of thioether (sulfide) groups is 1. The van der Waals surface area contributed by atoms with Gasteiger partial charge in [-0.3, -0.25) is 4.98 Å². The smallest absolute Gasteiger partial charge is 0.0718 e. The molecule has 4 heteroatoms. The number of halogens is 1. The number of pyridine rings is 1. The van der Waals surface area contributed by atoms with Crippen molar-refractivity contribution in [3.05, 3.63) is 23.5 Å². The van der Waals surface area contributed by atoms with Crippen LogP contribution in [0.1, 0.15) is 20.3 Å². The average Bonchev–Trinajstić information content (AvgIpc) is 2.24. The number of rotatable bonds is 2. The molecule has 0 radical (unpaired) electrons. The van der Waals surface area contributed by atoms with E-state index in [0.717, 1.165) is 16.5 Å². The quantitative estimate of drug-likeness (QED) is 0.874. The molecule has 0 saturated carbocycles. The monoisotopic (exact) mass is 256 g/mol. The Balaban J connectivity index is 2.12. The van der Waals surface area contributed by atoms with Crippen LogP contribution in [0.2, 0.25) is 5.02 Å². The van der Waals surface area contributed by atoms with Crippen molar-refractivity contribution < 1.29 is 0 Å². The first kappa shape index (κ1) is 12.1. The third kappa shape index (κ3) is 2.64. The van der Waals surface area contributed by atoms with Crippen LogP contribution in [0.5, 0.6) is 0 Å². The van der Waals surface area contributed by atoms with E-state index >= 15 is 0 Å². The molecule has 1 aliphatic rings. The topological polar surface area (TPSA) is 24.9 Å². The van der Waals surface area contributed by atoms with E-state index in [1.165, 1.54) is 12.2 Å². The molecule has 2 nitrogen and oxygen atoms in total. The molecule has 1 aliphatic heterocycles. The summed E-state index contributed by atoms with van der Waals surface area (Å²) >= 11 is 8.13. The summed E-state index contributed by atoms with van der Waals surface area (Å²) in [5.74, 6) is 2.39. The van der Waals surface area contributed by atoms with Crippen molar-refractivity contribution in [1.29, 1.82) is 0 Å². The highest BCUT2D eigenvalue weighted by molar-refractivity contribution is 7.99. The molecule has 16 heavy (non-hydrogen) atoms. The Morgan fingerprint density at radius 2 is 2.38 bits per heavy atom. The van der Waals surface area contributed by atoms with E-state index in [0.29, 0.717) is 11.5 Å². The van der Waals surface area contributed by atoms with Crippen molar-refractivity contribution in [2.45, 2.75) is 26.3 Å². The third-order valence-electron chi connectivity index (χ3n) is 3.22. The number of anilines is 1. The highest BCUT2D eigenvalue weighted by Crippen LogP contribution is 2.36. The highest BCUT2D eigenvalue weighted by atomic mass is 35.5. The lowest BCUT2D eigenvalue weighted by Crippen LogP contribution is -2.41. The molecule has 0 aliphatic carbocycles. The molecular formula is C12H17ClN2S. The zero-order valence-corrected chi connectivity index (χ0v) is 11.2. The first-order valence-corrected chi connectivity index (χ1v) is 7.07.